The molecule has 1 atom stereocenters. The van der Waals surface area contributed by atoms with Crippen molar-refractivity contribution < 1.29 is 4.74 Å². The molecule has 2 aromatic carbocycles. The minimum absolute atomic E-state index is 0.260. The Bertz CT molecular complexity index is 646. The molecule has 0 aliphatic rings. The van der Waals surface area contributed by atoms with E-state index in [9.17, 15) is 0 Å². The number of benzene rings is 2. The first-order valence-corrected chi connectivity index (χ1v) is 7.42. The van der Waals surface area contributed by atoms with Gasteiger partial charge in [-0.1, -0.05) is 24.3 Å². The zero-order valence-corrected chi connectivity index (χ0v) is 13.9. The average Bonchev–Trinajstić information content (AvgIpc) is 2.45. The fourth-order valence-corrected chi connectivity index (χ4v) is 2.65. The Kier molecular flexibility index (Phi) is 4.56. The fourth-order valence-electron chi connectivity index (χ4n) is 2.65. The standard InChI is InChI=1S/C19H25NO/c1-12-7-9-17(11-14(12)3)16(5)20-18-10-8-13(2)19(21-6)15(18)4/h7-11,16,20H,1-6H3. The minimum Gasteiger partial charge on any atom is -0.496 e. The first-order chi connectivity index (χ1) is 9.93. The van der Waals surface area contributed by atoms with Crippen molar-refractivity contribution in [3.8, 4) is 5.75 Å². The molecule has 0 fully saturated rings. The number of rotatable bonds is 4. The molecule has 1 N–H and O–H groups in total. The minimum atomic E-state index is 0.260. The van der Waals surface area contributed by atoms with E-state index in [1.807, 2.05) is 0 Å². The van der Waals surface area contributed by atoms with Crippen LogP contribution in [0.25, 0.3) is 0 Å². The van der Waals surface area contributed by atoms with Crippen LogP contribution in [-0.2, 0) is 0 Å². The van der Waals surface area contributed by atoms with Crippen molar-refractivity contribution in [2.75, 3.05) is 12.4 Å². The summed E-state index contributed by atoms with van der Waals surface area (Å²) in [5.74, 6) is 0.965. The summed E-state index contributed by atoms with van der Waals surface area (Å²) in [5.41, 5.74) is 7.42. The van der Waals surface area contributed by atoms with E-state index in [0.717, 1.165) is 17.0 Å². The largest absolute Gasteiger partial charge is 0.496 e. The Hall–Kier alpha value is -1.96. The van der Waals surface area contributed by atoms with Crippen molar-refractivity contribution >= 4 is 5.69 Å². The number of aryl methyl sites for hydroxylation is 3. The number of hydrogen-bond acceptors (Lipinski definition) is 2. The molecule has 21 heavy (non-hydrogen) atoms. The van der Waals surface area contributed by atoms with Crippen LogP contribution in [-0.4, -0.2) is 7.11 Å². The molecule has 0 aliphatic carbocycles. The summed E-state index contributed by atoms with van der Waals surface area (Å²) >= 11 is 0. The molecule has 2 nitrogen and oxygen atoms in total. The second kappa shape index (κ2) is 6.21. The second-order valence-corrected chi connectivity index (χ2v) is 5.80. The first-order valence-electron chi connectivity index (χ1n) is 7.42. The van der Waals surface area contributed by atoms with Crippen molar-refractivity contribution in [3.63, 3.8) is 0 Å². The highest BCUT2D eigenvalue weighted by Crippen LogP contribution is 2.31. The molecule has 0 radical (unpaired) electrons. The van der Waals surface area contributed by atoms with E-state index in [2.05, 4.69) is 70.3 Å². The van der Waals surface area contributed by atoms with E-state index in [4.69, 9.17) is 4.74 Å². The lowest BCUT2D eigenvalue weighted by molar-refractivity contribution is 0.409. The summed E-state index contributed by atoms with van der Waals surface area (Å²) in [6, 6.07) is 11.1. The topological polar surface area (TPSA) is 21.3 Å². The highest BCUT2D eigenvalue weighted by molar-refractivity contribution is 5.60. The van der Waals surface area contributed by atoms with Crippen molar-refractivity contribution in [2.45, 2.75) is 40.7 Å². The molecule has 0 bridgehead atoms. The first kappa shape index (κ1) is 15.4. The highest BCUT2D eigenvalue weighted by atomic mass is 16.5. The van der Waals surface area contributed by atoms with Crippen molar-refractivity contribution in [1.82, 2.24) is 0 Å². The fraction of sp³-hybridized carbons (Fsp3) is 0.368. The number of methoxy groups -OCH3 is 1. The van der Waals surface area contributed by atoms with Gasteiger partial charge in [0.15, 0.2) is 0 Å². The molecule has 2 rings (SSSR count). The van der Waals surface area contributed by atoms with E-state index in [0.29, 0.717) is 0 Å². The van der Waals surface area contributed by atoms with E-state index >= 15 is 0 Å². The summed E-state index contributed by atoms with van der Waals surface area (Å²) in [7, 11) is 1.73. The summed E-state index contributed by atoms with van der Waals surface area (Å²) in [6.07, 6.45) is 0. The van der Waals surface area contributed by atoms with Crippen LogP contribution < -0.4 is 10.1 Å². The van der Waals surface area contributed by atoms with Gasteiger partial charge in [0, 0.05) is 17.3 Å². The molecule has 0 aliphatic heterocycles. The van der Waals surface area contributed by atoms with Crippen LogP contribution in [0.4, 0.5) is 5.69 Å². The molecular weight excluding hydrogens is 258 g/mol. The van der Waals surface area contributed by atoms with Gasteiger partial charge < -0.3 is 10.1 Å². The maximum absolute atomic E-state index is 5.50. The number of hydrogen-bond donors (Lipinski definition) is 1. The summed E-state index contributed by atoms with van der Waals surface area (Å²) in [5, 5.41) is 3.60. The summed E-state index contributed by atoms with van der Waals surface area (Å²) < 4.78 is 5.50. The van der Waals surface area contributed by atoms with Gasteiger partial charge in [-0.25, -0.2) is 0 Å². The Balaban J connectivity index is 2.27. The Morgan fingerprint density at radius 2 is 1.57 bits per heavy atom. The summed E-state index contributed by atoms with van der Waals surface area (Å²) in [6.45, 7) is 10.7. The molecule has 0 saturated heterocycles. The number of ether oxygens (including phenoxy) is 1. The zero-order chi connectivity index (χ0) is 15.6. The number of nitrogens with one attached hydrogen (secondary N) is 1. The van der Waals surface area contributed by atoms with Gasteiger partial charge in [-0.15, -0.1) is 0 Å². The number of anilines is 1. The van der Waals surface area contributed by atoms with E-state index in [1.54, 1.807) is 7.11 Å². The Morgan fingerprint density at radius 3 is 2.19 bits per heavy atom. The van der Waals surface area contributed by atoms with E-state index in [-0.39, 0.29) is 6.04 Å². The van der Waals surface area contributed by atoms with Crippen LogP contribution in [0, 0.1) is 27.7 Å². The lowest BCUT2D eigenvalue weighted by atomic mass is 10.0. The van der Waals surface area contributed by atoms with Crippen LogP contribution in [0.1, 0.15) is 40.8 Å². The van der Waals surface area contributed by atoms with Gasteiger partial charge >= 0.3 is 0 Å². The second-order valence-electron chi connectivity index (χ2n) is 5.80. The molecule has 0 amide bonds. The van der Waals surface area contributed by atoms with Crippen molar-refractivity contribution in [1.29, 1.82) is 0 Å². The van der Waals surface area contributed by atoms with Crippen molar-refractivity contribution in [3.05, 3.63) is 58.1 Å². The average molecular weight is 283 g/mol. The van der Waals surface area contributed by atoms with Crippen LogP contribution in [0.5, 0.6) is 5.75 Å². The van der Waals surface area contributed by atoms with Crippen LogP contribution in [0.2, 0.25) is 0 Å². The summed E-state index contributed by atoms with van der Waals surface area (Å²) in [4.78, 5) is 0. The normalized spacial score (nSPS) is 12.1. The predicted molar refractivity (Wildman–Crippen MR) is 90.4 cm³/mol. The molecule has 112 valence electrons. The molecule has 0 aromatic heterocycles. The Labute approximate surface area is 128 Å². The highest BCUT2D eigenvalue weighted by Gasteiger charge is 2.11. The molecule has 2 aromatic rings. The lowest BCUT2D eigenvalue weighted by Crippen LogP contribution is -2.09. The van der Waals surface area contributed by atoms with Gasteiger partial charge in [0.25, 0.3) is 0 Å². The quantitative estimate of drug-likeness (QED) is 0.842. The molecule has 2 heteroatoms. The monoisotopic (exact) mass is 283 g/mol. The third-order valence-corrected chi connectivity index (χ3v) is 4.21. The molecular formula is C19H25NO. The van der Waals surface area contributed by atoms with Gasteiger partial charge in [0.1, 0.15) is 5.75 Å². The predicted octanol–water partition coefficient (Wildman–Crippen LogP) is 5.10. The van der Waals surface area contributed by atoms with Crippen LogP contribution in [0.15, 0.2) is 30.3 Å². The van der Waals surface area contributed by atoms with Gasteiger partial charge in [-0.05, 0) is 62.9 Å². The Morgan fingerprint density at radius 1 is 0.905 bits per heavy atom. The zero-order valence-electron chi connectivity index (χ0n) is 13.9. The molecule has 1 unspecified atom stereocenters. The van der Waals surface area contributed by atoms with E-state index in [1.165, 1.54) is 22.3 Å². The van der Waals surface area contributed by atoms with Gasteiger partial charge in [-0.2, -0.15) is 0 Å². The van der Waals surface area contributed by atoms with Crippen LogP contribution in [0.3, 0.4) is 0 Å². The maximum Gasteiger partial charge on any atom is 0.126 e. The van der Waals surface area contributed by atoms with Crippen LogP contribution >= 0.6 is 0 Å². The third kappa shape index (κ3) is 3.21. The SMILES string of the molecule is COc1c(C)ccc(NC(C)c2ccc(C)c(C)c2)c1C. The van der Waals surface area contributed by atoms with Crippen molar-refractivity contribution in [2.24, 2.45) is 0 Å². The van der Waals surface area contributed by atoms with Gasteiger partial charge in [0.2, 0.25) is 0 Å². The smallest absolute Gasteiger partial charge is 0.126 e. The lowest BCUT2D eigenvalue weighted by Gasteiger charge is -2.20. The third-order valence-electron chi connectivity index (χ3n) is 4.21. The van der Waals surface area contributed by atoms with Gasteiger partial charge in [-0.3, -0.25) is 0 Å². The maximum atomic E-state index is 5.50. The molecule has 0 heterocycles. The van der Waals surface area contributed by atoms with E-state index < -0.39 is 0 Å². The molecule has 0 spiro atoms. The van der Waals surface area contributed by atoms with Gasteiger partial charge in [0.05, 0.1) is 7.11 Å². The molecule has 0 saturated carbocycles.